The fourth-order valence-electron chi connectivity index (χ4n) is 3.30. The highest BCUT2D eigenvalue weighted by atomic mass is 35.5. The van der Waals surface area contributed by atoms with E-state index in [1.165, 1.54) is 4.90 Å². The Balaban J connectivity index is 2.26. The van der Waals surface area contributed by atoms with Crippen LogP contribution in [0.15, 0.2) is 18.2 Å². The van der Waals surface area contributed by atoms with Crippen LogP contribution in [0.25, 0.3) is 0 Å². The van der Waals surface area contributed by atoms with Gasteiger partial charge in [0.15, 0.2) is 0 Å². The van der Waals surface area contributed by atoms with E-state index in [0.29, 0.717) is 13.1 Å². The summed E-state index contributed by atoms with van der Waals surface area (Å²) in [7, 11) is 3.83. The topological polar surface area (TPSA) is 43.8 Å². The van der Waals surface area contributed by atoms with Crippen molar-refractivity contribution in [3.63, 3.8) is 0 Å². The molecule has 0 radical (unpaired) electrons. The first kappa shape index (κ1) is 20.0. The number of rotatable bonds is 4. The first-order valence-corrected chi connectivity index (χ1v) is 8.41. The first-order valence-electron chi connectivity index (χ1n) is 8.03. The Labute approximate surface area is 150 Å². The molecule has 2 atom stereocenters. The molecule has 1 aliphatic rings. The van der Waals surface area contributed by atoms with Gasteiger partial charge in [0.2, 0.25) is 0 Å². The maximum absolute atomic E-state index is 12.9. The van der Waals surface area contributed by atoms with Gasteiger partial charge in [0.25, 0.3) is 5.91 Å². The molecular formula is C17H22ClF3N2O2. The van der Waals surface area contributed by atoms with Gasteiger partial charge in [-0.1, -0.05) is 11.6 Å². The maximum atomic E-state index is 12.9. The predicted octanol–water partition coefficient (Wildman–Crippen LogP) is 2.99. The molecule has 25 heavy (non-hydrogen) atoms. The van der Waals surface area contributed by atoms with Gasteiger partial charge >= 0.3 is 6.18 Å². The molecule has 0 saturated carbocycles. The van der Waals surface area contributed by atoms with Crippen LogP contribution in [0.4, 0.5) is 13.2 Å². The fourth-order valence-corrected chi connectivity index (χ4v) is 3.50. The third-order valence-corrected chi connectivity index (χ3v) is 4.65. The van der Waals surface area contributed by atoms with Crippen LogP contribution in [0.5, 0.6) is 0 Å². The van der Waals surface area contributed by atoms with E-state index in [0.717, 1.165) is 31.2 Å². The minimum absolute atomic E-state index is 0.00622. The van der Waals surface area contributed by atoms with Crippen LogP contribution in [0.1, 0.15) is 22.3 Å². The Morgan fingerprint density at radius 2 is 1.96 bits per heavy atom. The Kier molecular flexibility index (Phi) is 6.35. The number of amides is 1. The second-order valence-electron chi connectivity index (χ2n) is 6.82. The van der Waals surface area contributed by atoms with Gasteiger partial charge in [-0.3, -0.25) is 4.79 Å². The number of hydrogen-bond acceptors (Lipinski definition) is 3. The average Bonchev–Trinajstić information content (AvgIpc) is 2.52. The zero-order valence-corrected chi connectivity index (χ0v) is 14.9. The lowest BCUT2D eigenvalue weighted by Gasteiger charge is -2.38. The van der Waals surface area contributed by atoms with Gasteiger partial charge in [0, 0.05) is 26.2 Å². The summed E-state index contributed by atoms with van der Waals surface area (Å²) in [5.41, 5.74) is -1.06. The van der Waals surface area contributed by atoms with Crippen molar-refractivity contribution in [3.05, 3.63) is 34.3 Å². The van der Waals surface area contributed by atoms with Crippen molar-refractivity contribution in [2.75, 3.05) is 40.3 Å². The molecule has 1 amide bonds. The summed E-state index contributed by atoms with van der Waals surface area (Å²) >= 11 is 5.98. The summed E-state index contributed by atoms with van der Waals surface area (Å²) in [6.45, 7) is 1.41. The highest BCUT2D eigenvalue weighted by Gasteiger charge is 2.34. The zero-order chi connectivity index (χ0) is 18.8. The number of halogens is 4. The van der Waals surface area contributed by atoms with E-state index in [4.69, 9.17) is 11.6 Å². The summed E-state index contributed by atoms with van der Waals surface area (Å²) in [6.07, 6.45) is -3.77. The molecule has 0 bridgehead atoms. The quantitative estimate of drug-likeness (QED) is 0.876. The molecule has 2 rings (SSSR count). The lowest BCUT2D eigenvalue weighted by molar-refractivity contribution is -0.137. The number of likely N-dealkylation sites (tertiary alicyclic amines) is 1. The highest BCUT2D eigenvalue weighted by molar-refractivity contribution is 6.33. The van der Waals surface area contributed by atoms with Crippen molar-refractivity contribution in [3.8, 4) is 0 Å². The molecule has 0 spiro atoms. The molecule has 0 unspecified atom stereocenters. The monoisotopic (exact) mass is 378 g/mol. The molecule has 1 fully saturated rings. The predicted molar refractivity (Wildman–Crippen MR) is 89.6 cm³/mol. The highest BCUT2D eigenvalue weighted by Crippen LogP contribution is 2.33. The third-order valence-electron chi connectivity index (χ3n) is 4.32. The lowest BCUT2D eigenvalue weighted by atomic mass is 9.89. The lowest BCUT2D eigenvalue weighted by Crippen LogP contribution is -2.47. The van der Waals surface area contributed by atoms with Gasteiger partial charge in [-0.2, -0.15) is 13.2 Å². The van der Waals surface area contributed by atoms with Crippen molar-refractivity contribution >= 4 is 17.5 Å². The van der Waals surface area contributed by atoms with E-state index in [9.17, 15) is 23.1 Å². The molecule has 1 saturated heterocycles. The minimum Gasteiger partial charge on any atom is -0.396 e. The van der Waals surface area contributed by atoms with E-state index in [1.807, 2.05) is 19.0 Å². The van der Waals surface area contributed by atoms with Crippen LogP contribution in [0.2, 0.25) is 5.02 Å². The molecule has 1 aliphatic heterocycles. The van der Waals surface area contributed by atoms with E-state index in [-0.39, 0.29) is 29.0 Å². The fraction of sp³-hybridized carbons (Fsp3) is 0.588. The Hall–Kier alpha value is -1.31. The second kappa shape index (κ2) is 7.93. The molecule has 140 valence electrons. The van der Waals surface area contributed by atoms with Crippen LogP contribution in [0.3, 0.4) is 0 Å². The molecule has 8 heteroatoms. The summed E-state index contributed by atoms with van der Waals surface area (Å²) in [5, 5.41) is 9.49. The second-order valence-corrected chi connectivity index (χ2v) is 7.22. The normalized spacial score (nSPS) is 21.7. The van der Waals surface area contributed by atoms with Gasteiger partial charge in [-0.15, -0.1) is 0 Å². The van der Waals surface area contributed by atoms with Crippen molar-refractivity contribution in [2.24, 2.45) is 11.8 Å². The Morgan fingerprint density at radius 3 is 2.52 bits per heavy atom. The van der Waals surface area contributed by atoms with Gasteiger partial charge in [-0.05, 0) is 50.6 Å². The number of carbonyl (C=O) groups excluding carboxylic acids is 1. The molecule has 0 aliphatic carbocycles. The number of carbonyl (C=O) groups is 1. The first-order chi connectivity index (χ1) is 11.6. The SMILES string of the molecule is CN(C)C[C@H]1C[C@H](CO)CN(C(=O)c2cc(C(F)(F)F)ccc2Cl)C1. The smallest absolute Gasteiger partial charge is 0.396 e. The minimum atomic E-state index is -4.54. The summed E-state index contributed by atoms with van der Waals surface area (Å²) in [4.78, 5) is 16.3. The summed E-state index contributed by atoms with van der Waals surface area (Å²) in [6, 6.07) is 2.76. The standard InChI is InChI=1S/C17H22ClF3N2O2/c1-22(2)7-11-5-12(10-24)9-23(8-11)16(25)14-6-13(17(19,20)21)3-4-15(14)18/h3-4,6,11-12,24H,5,7-10H2,1-2H3/t11-,12+/m1/s1. The van der Waals surface area contributed by atoms with Crippen LogP contribution < -0.4 is 0 Å². The van der Waals surface area contributed by atoms with Crippen molar-refractivity contribution in [2.45, 2.75) is 12.6 Å². The van der Waals surface area contributed by atoms with Crippen molar-refractivity contribution < 1.29 is 23.1 Å². The summed E-state index contributed by atoms with van der Waals surface area (Å²) < 4.78 is 38.8. The molecule has 1 aromatic carbocycles. The number of benzene rings is 1. The Morgan fingerprint density at radius 1 is 1.32 bits per heavy atom. The van der Waals surface area contributed by atoms with Gasteiger partial charge in [-0.25, -0.2) is 0 Å². The summed E-state index contributed by atoms with van der Waals surface area (Å²) in [5.74, 6) is -0.473. The number of alkyl halides is 3. The molecule has 4 nitrogen and oxygen atoms in total. The van der Waals surface area contributed by atoms with Crippen LogP contribution in [-0.4, -0.2) is 61.2 Å². The molecule has 1 aromatic rings. The number of aliphatic hydroxyl groups excluding tert-OH is 1. The third kappa shape index (κ3) is 5.09. The van der Waals surface area contributed by atoms with E-state index in [2.05, 4.69) is 0 Å². The Bertz CT molecular complexity index is 622. The van der Waals surface area contributed by atoms with Gasteiger partial charge in [0.1, 0.15) is 0 Å². The molecule has 0 aromatic heterocycles. The number of piperidine rings is 1. The number of nitrogens with zero attached hydrogens (tertiary/aromatic N) is 2. The van der Waals surface area contributed by atoms with E-state index < -0.39 is 17.6 Å². The average molecular weight is 379 g/mol. The van der Waals surface area contributed by atoms with Gasteiger partial charge < -0.3 is 14.9 Å². The maximum Gasteiger partial charge on any atom is 0.416 e. The molecule has 1 heterocycles. The van der Waals surface area contributed by atoms with Crippen molar-refractivity contribution in [1.29, 1.82) is 0 Å². The van der Waals surface area contributed by atoms with Crippen molar-refractivity contribution in [1.82, 2.24) is 9.80 Å². The molecule has 1 N–H and O–H groups in total. The van der Waals surface area contributed by atoms with Crippen LogP contribution in [-0.2, 0) is 6.18 Å². The zero-order valence-electron chi connectivity index (χ0n) is 14.2. The van der Waals surface area contributed by atoms with Crippen LogP contribution in [0, 0.1) is 11.8 Å². The van der Waals surface area contributed by atoms with Crippen LogP contribution >= 0.6 is 11.6 Å². The largest absolute Gasteiger partial charge is 0.416 e. The number of aliphatic hydroxyl groups is 1. The van der Waals surface area contributed by atoms with E-state index in [1.54, 1.807) is 0 Å². The van der Waals surface area contributed by atoms with E-state index >= 15 is 0 Å². The molecular weight excluding hydrogens is 357 g/mol. The van der Waals surface area contributed by atoms with Gasteiger partial charge in [0.05, 0.1) is 16.1 Å². The number of hydrogen-bond donors (Lipinski definition) is 1.